The number of phosphoric acid groups is 1. The molecule has 63 valence electrons. The summed E-state index contributed by atoms with van der Waals surface area (Å²) in [6.45, 7) is 0. The smallest absolute Gasteiger partial charge is 1.00 e. The fourth-order valence-corrected chi connectivity index (χ4v) is 0. The van der Waals surface area contributed by atoms with Crippen molar-refractivity contribution in [1.29, 1.82) is 0 Å². The molecule has 4 nitrogen and oxygen atoms in total. The van der Waals surface area contributed by atoms with Gasteiger partial charge in [0.25, 0.3) is 0 Å². The van der Waals surface area contributed by atoms with Gasteiger partial charge < -0.3 is 16.1 Å². The van der Waals surface area contributed by atoms with Crippen molar-refractivity contribution in [2.75, 3.05) is 0 Å². The Balaban J connectivity index is -0.0000000383. The van der Waals surface area contributed by atoms with Gasteiger partial charge in [0.15, 0.2) is 0 Å². The Kier molecular flexibility index (Phi) is 14.0. The van der Waals surface area contributed by atoms with Crippen LogP contribution in [0.25, 0.3) is 0 Å². The Morgan fingerprint density at radius 2 is 1.20 bits per heavy atom. The Morgan fingerprint density at radius 1 is 1.20 bits per heavy atom. The molecule has 0 aromatic heterocycles. The predicted octanol–water partition coefficient (Wildman–Crippen LogP) is -2.55. The maximum Gasteiger partial charge on any atom is 1.00 e. The minimum atomic E-state index is -4.64. The van der Waals surface area contributed by atoms with Gasteiger partial charge in [-0.1, -0.05) is 0 Å². The fourth-order valence-electron chi connectivity index (χ4n) is 0. The standard InChI is InChI=1S/3FH.Fe.Li.H3O4P.H/c;;;;;1-5(2,3)4;/h3*1H;;;(H3,1,2,3,4);/q;;;+3;+1;;-1/p-3. The van der Waals surface area contributed by atoms with E-state index in [4.69, 9.17) is 19.2 Å². The van der Waals surface area contributed by atoms with Gasteiger partial charge in [0.1, 0.15) is 0 Å². The summed E-state index contributed by atoms with van der Waals surface area (Å²) >= 11 is -4.25. The molecule has 0 atom stereocenters. The van der Waals surface area contributed by atoms with E-state index >= 15 is 0 Å². The summed E-state index contributed by atoms with van der Waals surface area (Å²) in [6.07, 6.45) is 0. The Bertz CT molecular complexity index is 96.5. The molecular weight excluding hydrogens is 215 g/mol. The van der Waals surface area contributed by atoms with Crippen LogP contribution < -0.4 is 18.9 Å². The van der Waals surface area contributed by atoms with E-state index in [1.54, 1.807) is 0 Å². The number of hydrogen-bond acceptors (Lipinski definition) is 1. The number of halogens is 3. The first-order chi connectivity index (χ1) is 3.73. The van der Waals surface area contributed by atoms with Crippen molar-refractivity contribution >= 4 is 7.82 Å². The van der Waals surface area contributed by atoms with E-state index in [1.807, 2.05) is 0 Å². The summed E-state index contributed by atoms with van der Waals surface area (Å²) in [4.78, 5) is 21.6. The van der Waals surface area contributed by atoms with Crippen LogP contribution in [0.15, 0.2) is 0 Å². The van der Waals surface area contributed by atoms with Crippen LogP contribution in [0.4, 0.5) is 10.7 Å². The van der Waals surface area contributed by atoms with Crippen LogP contribution in [-0.4, -0.2) is 14.7 Å². The maximum absolute atomic E-state index is 9.75. The van der Waals surface area contributed by atoms with Gasteiger partial charge in [-0.25, -0.2) is 4.57 Å². The monoisotopic (exact) mass is 219 g/mol. The van der Waals surface area contributed by atoms with Crippen LogP contribution in [0.1, 0.15) is 1.43 Å². The zero-order chi connectivity index (χ0) is 8.08. The second kappa shape index (κ2) is 8.12. The first-order valence-corrected chi connectivity index (χ1v) is 4.00. The number of rotatable bonds is 0. The molecule has 3 N–H and O–H groups in total. The molecule has 0 bridgehead atoms. The summed E-state index contributed by atoms with van der Waals surface area (Å²) in [5.41, 5.74) is 0. The third kappa shape index (κ3) is 560. The topological polar surface area (TPSA) is 77.8 Å². The molecule has 0 amide bonds. The first-order valence-electron chi connectivity index (χ1n) is 1.18. The van der Waals surface area contributed by atoms with Crippen LogP contribution in [0.5, 0.6) is 0 Å². The molecular formula is H4F3FeLiO4P. The van der Waals surface area contributed by atoms with Crippen molar-refractivity contribution < 1.29 is 65.5 Å². The van der Waals surface area contributed by atoms with Crippen molar-refractivity contribution in [3.8, 4) is 0 Å². The average molecular weight is 219 g/mol. The van der Waals surface area contributed by atoms with Gasteiger partial charge in [0.2, 0.25) is 0 Å². The largest absolute Gasteiger partial charge is 1.00 e. The van der Waals surface area contributed by atoms with Crippen LogP contribution >= 0.6 is 7.82 Å². The fraction of sp³-hybridized carbons (Fsp3) is 0. The Morgan fingerprint density at radius 3 is 1.20 bits per heavy atom. The minimum absolute atomic E-state index is 0. The third-order valence-electron chi connectivity index (χ3n) is 0. The summed E-state index contributed by atoms with van der Waals surface area (Å²) in [6, 6.07) is 0. The van der Waals surface area contributed by atoms with E-state index in [1.165, 1.54) is 0 Å². The maximum atomic E-state index is 9.75. The molecule has 0 aromatic carbocycles. The summed E-state index contributed by atoms with van der Waals surface area (Å²) < 4.78 is 38.1. The molecule has 10 heavy (non-hydrogen) atoms. The van der Waals surface area contributed by atoms with E-state index in [0.29, 0.717) is 0 Å². The second-order valence-electron chi connectivity index (χ2n) is 0.665. The van der Waals surface area contributed by atoms with Gasteiger partial charge >= 0.3 is 52.6 Å². The van der Waals surface area contributed by atoms with Crippen LogP contribution in [0, 0.1) is 0 Å². The number of hydrogen-bond donors (Lipinski definition) is 3. The molecule has 10 heteroatoms. The normalized spacial score (nSPS) is 10.4. The van der Waals surface area contributed by atoms with Crippen LogP contribution in [0.2, 0.25) is 0 Å². The molecule has 0 saturated carbocycles. The zero-order valence-electron chi connectivity index (χ0n) is 5.68. The molecule has 0 aliphatic rings. The van der Waals surface area contributed by atoms with Crippen molar-refractivity contribution in [1.82, 2.24) is 0 Å². The van der Waals surface area contributed by atoms with Crippen LogP contribution in [-0.2, 0) is 19.8 Å². The van der Waals surface area contributed by atoms with Gasteiger partial charge in [0, 0.05) is 0 Å². The molecule has 0 aliphatic carbocycles. The molecule has 0 spiro atoms. The molecule has 0 aromatic rings. The van der Waals surface area contributed by atoms with E-state index in [0.717, 1.165) is 0 Å². The van der Waals surface area contributed by atoms with Gasteiger partial charge in [0.05, 0.1) is 0 Å². The van der Waals surface area contributed by atoms with Gasteiger partial charge in [-0.3, -0.25) is 0 Å². The van der Waals surface area contributed by atoms with E-state index in [9.17, 15) is 10.7 Å². The van der Waals surface area contributed by atoms with Crippen molar-refractivity contribution in [3.05, 3.63) is 0 Å². The third-order valence-corrected chi connectivity index (χ3v) is 0. The van der Waals surface area contributed by atoms with Crippen molar-refractivity contribution in [2.24, 2.45) is 0 Å². The molecule has 0 unspecified atom stereocenters. The summed E-state index contributed by atoms with van der Waals surface area (Å²) in [5.74, 6) is 0. The molecule has 0 heterocycles. The second-order valence-corrected chi connectivity index (χ2v) is 2.16. The first kappa shape index (κ1) is 17.2. The molecule has 0 rings (SSSR count). The molecule has 0 fully saturated rings. The van der Waals surface area contributed by atoms with Gasteiger partial charge in [-0.05, 0) is 0 Å². The van der Waals surface area contributed by atoms with Gasteiger partial charge in [-0.2, -0.15) is 0 Å². The molecule has 0 aliphatic heterocycles. The van der Waals surface area contributed by atoms with Crippen molar-refractivity contribution in [2.45, 2.75) is 0 Å². The van der Waals surface area contributed by atoms with Gasteiger partial charge in [-0.15, -0.1) is 0 Å². The average Bonchev–Trinajstić information content (AvgIpc) is 1.19. The predicted molar refractivity (Wildman–Crippen MR) is 18.7 cm³/mol. The molecule has 0 saturated heterocycles. The van der Waals surface area contributed by atoms with Crippen molar-refractivity contribution in [3.63, 3.8) is 0 Å². The van der Waals surface area contributed by atoms with Crippen LogP contribution in [0.3, 0.4) is 0 Å². The zero-order valence-corrected chi connectivity index (χ0v) is 6.68. The summed E-state index contributed by atoms with van der Waals surface area (Å²) in [7, 11) is -4.64. The molecule has 0 radical (unpaired) electrons. The van der Waals surface area contributed by atoms with E-state index in [2.05, 4.69) is 0 Å². The quantitative estimate of drug-likeness (QED) is 0.309. The SMILES string of the molecule is O=P(O)(O)O.[F][Fe]([F])[F].[H-].[Li+]. The summed E-state index contributed by atoms with van der Waals surface area (Å²) in [5, 5.41) is 0. The Hall–Kier alpha value is 1.02. The Labute approximate surface area is 73.6 Å². The van der Waals surface area contributed by atoms with E-state index < -0.39 is 23.1 Å². The van der Waals surface area contributed by atoms with E-state index in [-0.39, 0.29) is 20.3 Å². The minimum Gasteiger partial charge on any atom is -1.00 e.